The third kappa shape index (κ3) is 4.46. The minimum atomic E-state index is 0.367. The fourth-order valence-electron chi connectivity index (χ4n) is 1.65. The first-order valence-electron chi connectivity index (χ1n) is 6.19. The SMILES string of the molecule is NCC#Cc1cccc(OCCc2cccnc2)c1. The van der Waals surface area contributed by atoms with Crippen LogP contribution in [0.2, 0.25) is 0 Å². The van der Waals surface area contributed by atoms with Gasteiger partial charge in [0.05, 0.1) is 13.2 Å². The summed E-state index contributed by atoms with van der Waals surface area (Å²) in [5, 5.41) is 0. The van der Waals surface area contributed by atoms with E-state index in [2.05, 4.69) is 16.8 Å². The zero-order chi connectivity index (χ0) is 13.3. The third-order valence-electron chi connectivity index (χ3n) is 2.55. The summed E-state index contributed by atoms with van der Waals surface area (Å²) in [4.78, 5) is 4.07. The molecule has 1 aromatic carbocycles. The summed E-state index contributed by atoms with van der Waals surface area (Å²) < 4.78 is 5.70. The molecule has 3 heteroatoms. The first-order chi connectivity index (χ1) is 9.38. The Labute approximate surface area is 113 Å². The summed E-state index contributed by atoms with van der Waals surface area (Å²) >= 11 is 0. The average molecular weight is 252 g/mol. The molecular weight excluding hydrogens is 236 g/mol. The number of hydrogen-bond acceptors (Lipinski definition) is 3. The first-order valence-corrected chi connectivity index (χ1v) is 6.19. The van der Waals surface area contributed by atoms with Gasteiger partial charge in [-0.15, -0.1) is 0 Å². The zero-order valence-electron chi connectivity index (χ0n) is 10.7. The Kier molecular flexibility index (Phi) is 4.97. The van der Waals surface area contributed by atoms with Gasteiger partial charge in [0.2, 0.25) is 0 Å². The molecule has 2 N–H and O–H groups in total. The van der Waals surface area contributed by atoms with Crippen LogP contribution in [0.15, 0.2) is 48.8 Å². The molecule has 19 heavy (non-hydrogen) atoms. The molecule has 96 valence electrons. The highest BCUT2D eigenvalue weighted by molar-refractivity contribution is 5.39. The Morgan fingerprint density at radius 3 is 2.95 bits per heavy atom. The molecule has 0 aliphatic heterocycles. The van der Waals surface area contributed by atoms with Crippen molar-refractivity contribution in [3.63, 3.8) is 0 Å². The van der Waals surface area contributed by atoms with Crippen molar-refractivity contribution in [2.45, 2.75) is 6.42 Å². The summed E-state index contributed by atoms with van der Waals surface area (Å²) in [5.74, 6) is 6.64. The van der Waals surface area contributed by atoms with E-state index in [0.29, 0.717) is 13.2 Å². The predicted molar refractivity (Wildman–Crippen MR) is 75.8 cm³/mol. The van der Waals surface area contributed by atoms with Crippen LogP contribution in [0, 0.1) is 11.8 Å². The van der Waals surface area contributed by atoms with Gasteiger partial charge >= 0.3 is 0 Å². The standard InChI is InChI=1S/C16H16N2O/c17-9-2-5-14-4-1-7-16(12-14)19-11-8-15-6-3-10-18-13-15/h1,3-4,6-7,10,12-13H,8-9,11,17H2. The lowest BCUT2D eigenvalue weighted by Gasteiger charge is -2.06. The van der Waals surface area contributed by atoms with Crippen LogP contribution in [0.3, 0.4) is 0 Å². The Hall–Kier alpha value is -2.31. The predicted octanol–water partition coefficient (Wildman–Crippen LogP) is 2.01. The van der Waals surface area contributed by atoms with Crippen LogP contribution in [0.5, 0.6) is 5.75 Å². The highest BCUT2D eigenvalue weighted by Gasteiger charge is 1.96. The molecule has 2 rings (SSSR count). The molecule has 0 saturated carbocycles. The first kappa shape index (κ1) is 13.1. The fourth-order valence-corrected chi connectivity index (χ4v) is 1.65. The number of aromatic nitrogens is 1. The Bertz CT molecular complexity index is 570. The van der Waals surface area contributed by atoms with Gasteiger partial charge < -0.3 is 10.5 Å². The molecule has 3 nitrogen and oxygen atoms in total. The van der Waals surface area contributed by atoms with Crippen molar-refractivity contribution in [1.29, 1.82) is 0 Å². The van der Waals surface area contributed by atoms with Gasteiger partial charge in [0.1, 0.15) is 5.75 Å². The molecule has 0 aliphatic carbocycles. The summed E-state index contributed by atoms with van der Waals surface area (Å²) in [5.41, 5.74) is 7.44. The van der Waals surface area contributed by atoms with Gasteiger partial charge in [0.15, 0.2) is 0 Å². The summed E-state index contributed by atoms with van der Waals surface area (Å²) in [6, 6.07) is 11.7. The Morgan fingerprint density at radius 2 is 2.16 bits per heavy atom. The highest BCUT2D eigenvalue weighted by atomic mass is 16.5. The summed E-state index contributed by atoms with van der Waals surface area (Å²) in [6.07, 6.45) is 4.46. The van der Waals surface area contributed by atoms with Crippen LogP contribution in [-0.4, -0.2) is 18.1 Å². The maximum absolute atomic E-state index is 5.70. The molecule has 0 unspecified atom stereocenters. The van der Waals surface area contributed by atoms with Gasteiger partial charge in [-0.3, -0.25) is 4.98 Å². The topological polar surface area (TPSA) is 48.1 Å². The van der Waals surface area contributed by atoms with Crippen molar-refractivity contribution in [3.05, 3.63) is 59.9 Å². The van der Waals surface area contributed by atoms with Crippen LogP contribution >= 0.6 is 0 Å². The molecule has 0 aliphatic rings. The van der Waals surface area contributed by atoms with E-state index < -0.39 is 0 Å². The van der Waals surface area contributed by atoms with Gasteiger partial charge in [0.25, 0.3) is 0 Å². The van der Waals surface area contributed by atoms with E-state index in [9.17, 15) is 0 Å². The van der Waals surface area contributed by atoms with Crippen molar-refractivity contribution in [2.75, 3.05) is 13.2 Å². The lowest BCUT2D eigenvalue weighted by atomic mass is 10.2. The summed E-state index contributed by atoms with van der Waals surface area (Å²) in [7, 11) is 0. The number of hydrogen-bond donors (Lipinski definition) is 1. The largest absolute Gasteiger partial charge is 0.493 e. The lowest BCUT2D eigenvalue weighted by Crippen LogP contribution is -2.01. The van der Waals surface area contributed by atoms with Crippen molar-refractivity contribution in [1.82, 2.24) is 4.98 Å². The molecule has 0 bridgehead atoms. The molecule has 1 heterocycles. The monoisotopic (exact) mass is 252 g/mol. The van der Waals surface area contributed by atoms with Gasteiger partial charge in [-0.25, -0.2) is 0 Å². The van der Waals surface area contributed by atoms with Gasteiger partial charge in [-0.05, 0) is 29.8 Å². The van der Waals surface area contributed by atoms with Crippen LogP contribution in [0.1, 0.15) is 11.1 Å². The average Bonchev–Trinajstić information content (AvgIpc) is 2.47. The normalized spacial score (nSPS) is 9.53. The second kappa shape index (κ2) is 7.20. The molecule has 0 atom stereocenters. The van der Waals surface area contributed by atoms with Gasteiger partial charge in [0, 0.05) is 24.4 Å². The van der Waals surface area contributed by atoms with E-state index in [1.807, 2.05) is 42.6 Å². The molecule has 2 aromatic rings. The molecule has 0 spiro atoms. The molecule has 0 saturated heterocycles. The maximum atomic E-state index is 5.70. The van der Waals surface area contributed by atoms with Crippen molar-refractivity contribution < 1.29 is 4.74 Å². The Morgan fingerprint density at radius 1 is 1.21 bits per heavy atom. The minimum absolute atomic E-state index is 0.367. The maximum Gasteiger partial charge on any atom is 0.120 e. The van der Waals surface area contributed by atoms with E-state index in [1.54, 1.807) is 6.20 Å². The molecule has 0 fully saturated rings. The van der Waals surface area contributed by atoms with E-state index in [0.717, 1.165) is 17.7 Å². The number of pyridine rings is 1. The van der Waals surface area contributed by atoms with Crippen molar-refractivity contribution >= 4 is 0 Å². The molecule has 0 radical (unpaired) electrons. The second-order valence-electron chi connectivity index (χ2n) is 3.99. The number of ether oxygens (including phenoxy) is 1. The quantitative estimate of drug-likeness (QED) is 0.847. The summed E-state index contributed by atoms with van der Waals surface area (Å²) in [6.45, 7) is 0.992. The fraction of sp³-hybridized carbons (Fsp3) is 0.188. The van der Waals surface area contributed by atoms with Crippen molar-refractivity contribution in [2.24, 2.45) is 5.73 Å². The Balaban J connectivity index is 1.89. The van der Waals surface area contributed by atoms with E-state index in [-0.39, 0.29) is 0 Å². The second-order valence-corrected chi connectivity index (χ2v) is 3.99. The van der Waals surface area contributed by atoms with Crippen LogP contribution < -0.4 is 10.5 Å². The van der Waals surface area contributed by atoms with E-state index >= 15 is 0 Å². The molecule has 1 aromatic heterocycles. The van der Waals surface area contributed by atoms with Gasteiger partial charge in [-0.1, -0.05) is 24.0 Å². The molecular formula is C16H16N2O. The highest BCUT2D eigenvalue weighted by Crippen LogP contribution is 2.13. The number of nitrogens with zero attached hydrogens (tertiary/aromatic N) is 1. The number of nitrogens with two attached hydrogens (primary N) is 1. The molecule has 0 amide bonds. The van der Waals surface area contributed by atoms with E-state index in [1.165, 1.54) is 5.56 Å². The smallest absolute Gasteiger partial charge is 0.120 e. The van der Waals surface area contributed by atoms with Crippen molar-refractivity contribution in [3.8, 4) is 17.6 Å². The van der Waals surface area contributed by atoms with Crippen LogP contribution in [0.4, 0.5) is 0 Å². The van der Waals surface area contributed by atoms with Crippen LogP contribution in [-0.2, 0) is 6.42 Å². The van der Waals surface area contributed by atoms with Crippen LogP contribution in [0.25, 0.3) is 0 Å². The zero-order valence-corrected chi connectivity index (χ0v) is 10.7. The lowest BCUT2D eigenvalue weighted by molar-refractivity contribution is 0.322. The number of rotatable bonds is 4. The van der Waals surface area contributed by atoms with E-state index in [4.69, 9.17) is 10.5 Å². The van der Waals surface area contributed by atoms with Gasteiger partial charge in [-0.2, -0.15) is 0 Å². The minimum Gasteiger partial charge on any atom is -0.493 e. The number of benzene rings is 1. The third-order valence-corrected chi connectivity index (χ3v) is 2.55.